The van der Waals surface area contributed by atoms with Gasteiger partial charge in [-0.1, -0.05) is 6.08 Å². The molecule has 0 aromatic heterocycles. The molecule has 0 fully saturated rings. The first kappa shape index (κ1) is 6.55. The molecular formula is C6H11FN2. The molecule has 9 heavy (non-hydrogen) atoms. The Labute approximate surface area is 53.9 Å². The van der Waals surface area contributed by atoms with Crippen molar-refractivity contribution in [3.05, 3.63) is 11.8 Å². The molecule has 0 amide bonds. The number of nitrogens with two attached hydrogens (primary N) is 1. The maximum atomic E-state index is 12.5. The minimum Gasteiger partial charge on any atom is -0.328 e. The lowest BCUT2D eigenvalue weighted by Crippen LogP contribution is -2.25. The Kier molecular flexibility index (Phi) is 2.05. The number of nitrogens with one attached hydrogen (secondary N) is 1. The maximum absolute atomic E-state index is 12.5. The van der Waals surface area contributed by atoms with Gasteiger partial charge < -0.3 is 5.43 Å². The zero-order valence-corrected chi connectivity index (χ0v) is 5.23. The molecule has 0 heterocycles. The summed E-state index contributed by atoms with van der Waals surface area (Å²) >= 11 is 0. The Bertz CT molecular complexity index is 122. The van der Waals surface area contributed by atoms with E-state index in [4.69, 9.17) is 5.84 Å². The van der Waals surface area contributed by atoms with E-state index in [1.165, 1.54) is 0 Å². The highest BCUT2D eigenvalue weighted by Crippen LogP contribution is 2.17. The largest absolute Gasteiger partial charge is 0.328 e. The number of halogens is 1. The predicted molar refractivity (Wildman–Crippen MR) is 34.2 cm³/mol. The summed E-state index contributed by atoms with van der Waals surface area (Å²) < 4.78 is 12.5. The van der Waals surface area contributed by atoms with Gasteiger partial charge in [0.05, 0.1) is 0 Å². The second kappa shape index (κ2) is 2.82. The lowest BCUT2D eigenvalue weighted by Gasteiger charge is -2.14. The van der Waals surface area contributed by atoms with Crippen molar-refractivity contribution in [2.45, 2.75) is 25.4 Å². The van der Waals surface area contributed by atoms with Crippen LogP contribution in [0.1, 0.15) is 19.3 Å². The van der Waals surface area contributed by atoms with E-state index in [-0.39, 0.29) is 0 Å². The zero-order valence-electron chi connectivity index (χ0n) is 5.23. The monoisotopic (exact) mass is 130 g/mol. The third-order valence-corrected chi connectivity index (χ3v) is 1.50. The fourth-order valence-electron chi connectivity index (χ4n) is 0.980. The molecule has 0 radical (unpaired) electrons. The average molecular weight is 130 g/mol. The number of rotatable bonds is 1. The summed E-state index contributed by atoms with van der Waals surface area (Å²) in [5, 5.41) is 0. The van der Waals surface area contributed by atoms with Crippen molar-refractivity contribution in [3.63, 3.8) is 0 Å². The number of alkyl halides is 1. The van der Waals surface area contributed by atoms with Crippen LogP contribution in [0.4, 0.5) is 4.39 Å². The van der Waals surface area contributed by atoms with Crippen LogP contribution < -0.4 is 11.3 Å². The predicted octanol–water partition coefficient (Wildman–Crippen LogP) is 0.856. The molecule has 0 aromatic rings. The van der Waals surface area contributed by atoms with Crippen molar-refractivity contribution in [1.82, 2.24) is 5.43 Å². The number of hydrogen-bond acceptors (Lipinski definition) is 2. The Morgan fingerprint density at radius 1 is 1.78 bits per heavy atom. The molecular weight excluding hydrogens is 119 g/mol. The van der Waals surface area contributed by atoms with Crippen LogP contribution in [-0.4, -0.2) is 6.17 Å². The van der Waals surface area contributed by atoms with Gasteiger partial charge in [0.2, 0.25) is 0 Å². The number of hydrazine groups is 1. The van der Waals surface area contributed by atoms with E-state index in [2.05, 4.69) is 5.43 Å². The summed E-state index contributed by atoms with van der Waals surface area (Å²) in [6, 6.07) is 0. The van der Waals surface area contributed by atoms with Crippen LogP contribution in [0, 0.1) is 0 Å². The molecule has 0 spiro atoms. The molecule has 0 aliphatic heterocycles. The minimum atomic E-state index is -0.693. The first-order valence-electron chi connectivity index (χ1n) is 3.12. The van der Waals surface area contributed by atoms with E-state index in [9.17, 15) is 4.39 Å². The van der Waals surface area contributed by atoms with Gasteiger partial charge in [-0.15, -0.1) is 0 Å². The molecule has 1 atom stereocenters. The van der Waals surface area contributed by atoms with Crippen LogP contribution in [0.3, 0.4) is 0 Å². The number of allylic oxidation sites excluding steroid dienone is 2. The van der Waals surface area contributed by atoms with Crippen LogP contribution in [0.25, 0.3) is 0 Å². The van der Waals surface area contributed by atoms with Crippen LogP contribution in [-0.2, 0) is 0 Å². The third-order valence-electron chi connectivity index (χ3n) is 1.50. The van der Waals surface area contributed by atoms with Gasteiger partial charge in [-0.2, -0.15) is 0 Å². The fraction of sp³-hybridized carbons (Fsp3) is 0.667. The topological polar surface area (TPSA) is 38.0 Å². The van der Waals surface area contributed by atoms with E-state index in [0.717, 1.165) is 12.1 Å². The van der Waals surface area contributed by atoms with Gasteiger partial charge in [0, 0.05) is 12.1 Å². The van der Waals surface area contributed by atoms with Crippen molar-refractivity contribution < 1.29 is 4.39 Å². The van der Waals surface area contributed by atoms with E-state index in [0.29, 0.717) is 12.8 Å². The Balaban J connectivity index is 2.43. The molecule has 52 valence electrons. The minimum absolute atomic E-state index is 0.455. The first-order valence-corrected chi connectivity index (χ1v) is 3.12. The van der Waals surface area contributed by atoms with Crippen molar-refractivity contribution in [2.75, 3.05) is 0 Å². The van der Waals surface area contributed by atoms with E-state index in [1.807, 2.05) is 6.08 Å². The quantitative estimate of drug-likeness (QED) is 0.408. The lowest BCUT2D eigenvalue weighted by molar-refractivity contribution is 0.299. The Morgan fingerprint density at radius 2 is 2.56 bits per heavy atom. The Hall–Kier alpha value is -0.570. The average Bonchev–Trinajstić information content (AvgIpc) is 1.88. The highest BCUT2D eigenvalue weighted by Gasteiger charge is 2.12. The van der Waals surface area contributed by atoms with Gasteiger partial charge in [-0.05, 0) is 12.8 Å². The second-order valence-electron chi connectivity index (χ2n) is 2.25. The fourth-order valence-corrected chi connectivity index (χ4v) is 0.980. The molecule has 0 saturated carbocycles. The third kappa shape index (κ3) is 1.68. The molecule has 3 heteroatoms. The van der Waals surface area contributed by atoms with Crippen molar-refractivity contribution in [2.24, 2.45) is 5.84 Å². The first-order chi connectivity index (χ1) is 4.33. The molecule has 1 unspecified atom stereocenters. The lowest BCUT2D eigenvalue weighted by atomic mass is 10.0. The molecule has 0 aromatic carbocycles. The summed E-state index contributed by atoms with van der Waals surface area (Å²) in [6.45, 7) is 0. The van der Waals surface area contributed by atoms with Crippen LogP contribution in [0.2, 0.25) is 0 Å². The summed E-state index contributed by atoms with van der Waals surface area (Å²) in [5.74, 6) is 5.08. The molecule has 3 N–H and O–H groups in total. The SMILES string of the molecule is NNC1=CCCC(F)C1. The number of hydrogen-bond donors (Lipinski definition) is 2. The zero-order chi connectivity index (χ0) is 6.69. The summed E-state index contributed by atoms with van der Waals surface area (Å²) in [7, 11) is 0. The van der Waals surface area contributed by atoms with Crippen molar-refractivity contribution in [3.8, 4) is 0 Å². The van der Waals surface area contributed by atoms with Crippen LogP contribution in [0.5, 0.6) is 0 Å². The van der Waals surface area contributed by atoms with Gasteiger partial charge in [0.15, 0.2) is 0 Å². The molecule has 0 bridgehead atoms. The summed E-state index contributed by atoms with van der Waals surface area (Å²) in [4.78, 5) is 0. The maximum Gasteiger partial charge on any atom is 0.106 e. The molecule has 0 saturated heterocycles. The van der Waals surface area contributed by atoms with Crippen molar-refractivity contribution >= 4 is 0 Å². The van der Waals surface area contributed by atoms with Gasteiger partial charge in [0.1, 0.15) is 6.17 Å². The van der Waals surface area contributed by atoms with Crippen molar-refractivity contribution in [1.29, 1.82) is 0 Å². The Morgan fingerprint density at radius 3 is 3.00 bits per heavy atom. The molecule has 1 rings (SSSR count). The van der Waals surface area contributed by atoms with Gasteiger partial charge in [-0.25, -0.2) is 4.39 Å². The van der Waals surface area contributed by atoms with E-state index in [1.54, 1.807) is 0 Å². The molecule has 1 aliphatic carbocycles. The highest BCUT2D eigenvalue weighted by molar-refractivity contribution is 5.03. The standard InChI is InChI=1S/C6H11FN2/c7-5-2-1-3-6(4-5)9-8/h3,5,9H,1-2,4,8H2. The van der Waals surface area contributed by atoms with Crippen LogP contribution in [0.15, 0.2) is 11.8 Å². The normalized spacial score (nSPS) is 27.3. The highest BCUT2D eigenvalue weighted by atomic mass is 19.1. The van der Waals surface area contributed by atoms with Crippen LogP contribution >= 0.6 is 0 Å². The van der Waals surface area contributed by atoms with Gasteiger partial charge in [0.25, 0.3) is 0 Å². The van der Waals surface area contributed by atoms with Gasteiger partial charge in [-0.3, -0.25) is 5.84 Å². The second-order valence-corrected chi connectivity index (χ2v) is 2.25. The van der Waals surface area contributed by atoms with E-state index < -0.39 is 6.17 Å². The van der Waals surface area contributed by atoms with Gasteiger partial charge >= 0.3 is 0 Å². The summed E-state index contributed by atoms with van der Waals surface area (Å²) in [6.07, 6.45) is 3.15. The molecule has 1 aliphatic rings. The van der Waals surface area contributed by atoms with E-state index >= 15 is 0 Å². The smallest absolute Gasteiger partial charge is 0.106 e. The summed E-state index contributed by atoms with van der Waals surface area (Å²) in [5.41, 5.74) is 3.28. The molecule has 2 nitrogen and oxygen atoms in total.